The number of unbranched alkanes of at least 4 members (excludes halogenated alkanes) is 1. The third kappa shape index (κ3) is 10.6. The largest absolute Gasteiger partial charge is 0.469 e. The molecule has 8 heteroatoms. The molecule has 1 aliphatic rings. The summed E-state index contributed by atoms with van der Waals surface area (Å²) in [7, 11) is 0. The van der Waals surface area contributed by atoms with Gasteiger partial charge in [-0.15, -0.1) is 24.0 Å². The first-order chi connectivity index (χ1) is 12.4. The normalized spacial score (nSPS) is 15.5. The lowest BCUT2D eigenvalue weighted by atomic mass is 10.3. The van der Waals surface area contributed by atoms with Crippen LogP contribution in [0.3, 0.4) is 0 Å². The Morgan fingerprint density at radius 3 is 2.77 bits per heavy atom. The lowest BCUT2D eigenvalue weighted by Gasteiger charge is -2.26. The Bertz CT molecular complexity index is 468. The van der Waals surface area contributed by atoms with Crippen LogP contribution in [0.1, 0.15) is 18.6 Å². The molecular weight excluding hydrogens is 463 g/mol. The SMILES string of the molecule is CSCCCCN=C(NCCc1ccco1)NCCN1CCOCC1.I. The molecule has 1 aliphatic heterocycles. The summed E-state index contributed by atoms with van der Waals surface area (Å²) in [5.41, 5.74) is 0. The summed E-state index contributed by atoms with van der Waals surface area (Å²) in [5.74, 6) is 3.12. The Kier molecular flexibility index (Phi) is 14.1. The molecule has 6 nitrogen and oxygen atoms in total. The van der Waals surface area contributed by atoms with Crippen LogP contribution in [0, 0.1) is 0 Å². The molecule has 0 spiro atoms. The fourth-order valence-corrected chi connectivity index (χ4v) is 3.13. The van der Waals surface area contributed by atoms with E-state index in [9.17, 15) is 0 Å². The number of hydrogen-bond acceptors (Lipinski definition) is 5. The molecule has 2 heterocycles. The summed E-state index contributed by atoms with van der Waals surface area (Å²) >= 11 is 1.90. The number of rotatable bonds is 11. The Hall–Kier alpha value is -0.450. The number of nitrogens with zero attached hydrogens (tertiary/aromatic N) is 2. The zero-order chi connectivity index (χ0) is 17.6. The molecular formula is C18H33IN4O2S. The topological polar surface area (TPSA) is 62.0 Å². The quantitative estimate of drug-likeness (QED) is 0.213. The van der Waals surface area contributed by atoms with E-state index in [0.717, 1.165) is 77.0 Å². The van der Waals surface area contributed by atoms with Crippen LogP contribution in [0.2, 0.25) is 0 Å². The Morgan fingerprint density at radius 1 is 1.23 bits per heavy atom. The van der Waals surface area contributed by atoms with E-state index in [1.807, 2.05) is 23.9 Å². The second-order valence-electron chi connectivity index (χ2n) is 6.07. The van der Waals surface area contributed by atoms with Crippen molar-refractivity contribution in [2.24, 2.45) is 4.99 Å². The maximum atomic E-state index is 5.39. The van der Waals surface area contributed by atoms with E-state index >= 15 is 0 Å². The predicted molar refractivity (Wildman–Crippen MR) is 121 cm³/mol. The summed E-state index contributed by atoms with van der Waals surface area (Å²) in [6.45, 7) is 7.35. The van der Waals surface area contributed by atoms with Gasteiger partial charge in [0.2, 0.25) is 0 Å². The number of guanidine groups is 1. The first kappa shape index (κ1) is 23.6. The van der Waals surface area contributed by atoms with Gasteiger partial charge in [0.05, 0.1) is 19.5 Å². The molecule has 2 rings (SSSR count). The molecule has 2 N–H and O–H groups in total. The molecule has 0 aliphatic carbocycles. The standard InChI is InChI=1S/C18H32N4O2S.HI/c1-25-16-3-2-7-19-18(20-8-6-17-5-4-13-24-17)21-9-10-22-11-14-23-15-12-22;/h4-5,13H,2-3,6-12,14-16H2,1H3,(H2,19,20,21);1H. The van der Waals surface area contributed by atoms with Crippen molar-refractivity contribution < 1.29 is 9.15 Å². The third-order valence-electron chi connectivity index (χ3n) is 4.09. The zero-order valence-electron chi connectivity index (χ0n) is 15.7. The molecule has 0 saturated carbocycles. The summed E-state index contributed by atoms with van der Waals surface area (Å²) in [5, 5.41) is 6.88. The molecule has 1 aromatic rings. The minimum Gasteiger partial charge on any atom is -0.469 e. The summed E-state index contributed by atoms with van der Waals surface area (Å²) in [6, 6.07) is 3.93. The fraction of sp³-hybridized carbons (Fsp3) is 0.722. The minimum absolute atomic E-state index is 0. The number of aliphatic imine (C=N–C) groups is 1. The molecule has 1 aromatic heterocycles. The van der Waals surface area contributed by atoms with Crippen molar-refractivity contribution in [3.63, 3.8) is 0 Å². The van der Waals surface area contributed by atoms with Crippen molar-refractivity contribution in [2.45, 2.75) is 19.3 Å². The van der Waals surface area contributed by atoms with Crippen LogP contribution in [-0.4, -0.2) is 75.4 Å². The first-order valence-corrected chi connectivity index (χ1v) is 10.6. The van der Waals surface area contributed by atoms with Gasteiger partial charge in [-0.25, -0.2) is 0 Å². The highest BCUT2D eigenvalue weighted by Gasteiger charge is 2.09. The van der Waals surface area contributed by atoms with Crippen molar-refractivity contribution in [1.29, 1.82) is 0 Å². The molecule has 0 radical (unpaired) electrons. The van der Waals surface area contributed by atoms with Gasteiger partial charge in [0.15, 0.2) is 5.96 Å². The van der Waals surface area contributed by atoms with Gasteiger partial charge < -0.3 is 19.8 Å². The second kappa shape index (κ2) is 15.6. The molecule has 150 valence electrons. The van der Waals surface area contributed by atoms with E-state index in [0.29, 0.717) is 0 Å². The number of halogens is 1. The van der Waals surface area contributed by atoms with Crippen molar-refractivity contribution in [1.82, 2.24) is 15.5 Å². The van der Waals surface area contributed by atoms with Gasteiger partial charge in [0.25, 0.3) is 0 Å². The lowest BCUT2D eigenvalue weighted by Crippen LogP contribution is -2.44. The van der Waals surface area contributed by atoms with Crippen LogP contribution < -0.4 is 10.6 Å². The highest BCUT2D eigenvalue weighted by Crippen LogP contribution is 2.00. The van der Waals surface area contributed by atoms with Crippen LogP contribution in [0.15, 0.2) is 27.8 Å². The Morgan fingerprint density at radius 2 is 2.04 bits per heavy atom. The number of hydrogen-bond donors (Lipinski definition) is 2. The number of ether oxygens (including phenoxy) is 1. The fourth-order valence-electron chi connectivity index (χ4n) is 2.64. The highest BCUT2D eigenvalue weighted by atomic mass is 127. The molecule has 0 atom stereocenters. The molecule has 26 heavy (non-hydrogen) atoms. The Balaban J connectivity index is 0.00000338. The smallest absolute Gasteiger partial charge is 0.191 e. The maximum absolute atomic E-state index is 5.39. The summed E-state index contributed by atoms with van der Waals surface area (Å²) in [4.78, 5) is 7.13. The van der Waals surface area contributed by atoms with Crippen LogP contribution >= 0.6 is 35.7 Å². The number of nitrogens with one attached hydrogen (secondary N) is 2. The lowest BCUT2D eigenvalue weighted by molar-refractivity contribution is 0.0389. The highest BCUT2D eigenvalue weighted by molar-refractivity contribution is 14.0. The molecule has 1 saturated heterocycles. The van der Waals surface area contributed by atoms with Crippen LogP contribution in [0.4, 0.5) is 0 Å². The van der Waals surface area contributed by atoms with Gasteiger partial charge in [-0.3, -0.25) is 9.89 Å². The van der Waals surface area contributed by atoms with Crippen molar-refractivity contribution in [3.05, 3.63) is 24.2 Å². The molecule has 0 unspecified atom stereocenters. The van der Waals surface area contributed by atoms with Gasteiger partial charge in [-0.2, -0.15) is 11.8 Å². The monoisotopic (exact) mass is 496 g/mol. The summed E-state index contributed by atoms with van der Waals surface area (Å²) < 4.78 is 10.8. The van der Waals surface area contributed by atoms with Crippen molar-refractivity contribution in [2.75, 3.05) is 64.5 Å². The van der Waals surface area contributed by atoms with Crippen molar-refractivity contribution in [3.8, 4) is 0 Å². The van der Waals surface area contributed by atoms with Crippen LogP contribution in [0.5, 0.6) is 0 Å². The molecule has 0 aromatic carbocycles. The number of furan rings is 1. The summed E-state index contributed by atoms with van der Waals surface area (Å²) in [6.07, 6.45) is 7.09. The molecule has 1 fully saturated rings. The van der Waals surface area contributed by atoms with E-state index in [1.165, 1.54) is 12.2 Å². The van der Waals surface area contributed by atoms with Gasteiger partial charge >= 0.3 is 0 Å². The van der Waals surface area contributed by atoms with E-state index < -0.39 is 0 Å². The average molecular weight is 496 g/mol. The zero-order valence-corrected chi connectivity index (χ0v) is 18.9. The predicted octanol–water partition coefficient (Wildman–Crippen LogP) is 2.45. The molecule has 0 bridgehead atoms. The molecule has 0 amide bonds. The van der Waals surface area contributed by atoms with Crippen LogP contribution in [0.25, 0.3) is 0 Å². The van der Waals surface area contributed by atoms with Gasteiger partial charge in [0.1, 0.15) is 5.76 Å². The number of thioether (sulfide) groups is 1. The van der Waals surface area contributed by atoms with Gasteiger partial charge in [-0.05, 0) is 37.0 Å². The first-order valence-electron chi connectivity index (χ1n) is 9.22. The average Bonchev–Trinajstić information content (AvgIpc) is 3.15. The van der Waals surface area contributed by atoms with Gasteiger partial charge in [-0.1, -0.05) is 0 Å². The van der Waals surface area contributed by atoms with Gasteiger partial charge in [0, 0.05) is 45.7 Å². The van der Waals surface area contributed by atoms with Crippen molar-refractivity contribution >= 4 is 41.7 Å². The Labute approximate surface area is 178 Å². The third-order valence-corrected chi connectivity index (χ3v) is 4.79. The van der Waals surface area contributed by atoms with E-state index in [2.05, 4.69) is 21.8 Å². The van der Waals surface area contributed by atoms with E-state index in [1.54, 1.807) is 6.26 Å². The van der Waals surface area contributed by atoms with Crippen LogP contribution in [-0.2, 0) is 11.2 Å². The number of morpholine rings is 1. The van der Waals surface area contributed by atoms with E-state index in [-0.39, 0.29) is 24.0 Å². The van der Waals surface area contributed by atoms with E-state index in [4.69, 9.17) is 14.1 Å². The second-order valence-corrected chi connectivity index (χ2v) is 7.05. The minimum atomic E-state index is 0. The maximum Gasteiger partial charge on any atom is 0.191 e.